The number of para-hydroxylation sites is 5. The van der Waals surface area contributed by atoms with E-state index in [1.807, 2.05) is 60.7 Å². The van der Waals surface area contributed by atoms with Crippen molar-refractivity contribution in [2.75, 3.05) is 0 Å². The summed E-state index contributed by atoms with van der Waals surface area (Å²) in [6.45, 7) is 0. The van der Waals surface area contributed by atoms with Gasteiger partial charge in [0.25, 0.3) is 0 Å². The van der Waals surface area contributed by atoms with Gasteiger partial charge in [-0.05, 0) is 71.3 Å². The molecule has 0 aliphatic carbocycles. The lowest BCUT2D eigenvalue weighted by Gasteiger charge is -2.10. The lowest BCUT2D eigenvalue weighted by molar-refractivity contribution is 0.667. The predicted molar refractivity (Wildman–Crippen MR) is 283 cm³/mol. The highest BCUT2D eigenvalue weighted by Gasteiger charge is 2.21. The third kappa shape index (κ3) is 6.30. The van der Waals surface area contributed by atoms with Crippen molar-refractivity contribution in [2.24, 2.45) is 0 Å². The summed E-state index contributed by atoms with van der Waals surface area (Å²) in [5.74, 6) is 1.86. The molecular formula is C63H39N5O. The number of benzene rings is 10. The lowest BCUT2D eigenvalue weighted by atomic mass is 10.00. The zero-order valence-electron chi connectivity index (χ0n) is 37.2. The summed E-state index contributed by atoms with van der Waals surface area (Å²) >= 11 is 0. The van der Waals surface area contributed by atoms with E-state index in [0.717, 1.165) is 77.7 Å². The highest BCUT2D eigenvalue weighted by Crippen LogP contribution is 2.43. The Kier molecular flexibility index (Phi) is 8.79. The molecule has 14 rings (SSSR count). The summed E-state index contributed by atoms with van der Waals surface area (Å²) < 4.78 is 11.9. The highest BCUT2D eigenvalue weighted by molar-refractivity contribution is 6.15. The van der Waals surface area contributed by atoms with Crippen LogP contribution in [0.4, 0.5) is 0 Å². The van der Waals surface area contributed by atoms with Crippen molar-refractivity contribution >= 4 is 65.6 Å². The molecule has 69 heavy (non-hydrogen) atoms. The molecule has 0 N–H and O–H groups in total. The Hall–Kier alpha value is -9.39. The summed E-state index contributed by atoms with van der Waals surface area (Å²) in [6, 6.07) is 83.3. The molecule has 0 spiro atoms. The first-order valence-electron chi connectivity index (χ1n) is 23.3. The molecule has 0 aliphatic heterocycles. The molecule has 0 saturated heterocycles. The Labute approximate surface area is 396 Å². The van der Waals surface area contributed by atoms with Gasteiger partial charge in [-0.15, -0.1) is 0 Å². The average Bonchev–Trinajstić information content (AvgIpc) is 4.09. The third-order valence-electron chi connectivity index (χ3n) is 13.6. The van der Waals surface area contributed by atoms with Crippen molar-refractivity contribution < 1.29 is 4.42 Å². The van der Waals surface area contributed by atoms with Crippen LogP contribution in [0.1, 0.15) is 0 Å². The maximum Gasteiger partial charge on any atom is 0.164 e. The number of furan rings is 1. The molecule has 6 nitrogen and oxygen atoms in total. The van der Waals surface area contributed by atoms with Crippen molar-refractivity contribution in [3.63, 3.8) is 0 Å². The fourth-order valence-electron chi connectivity index (χ4n) is 10.4. The molecule has 0 unspecified atom stereocenters. The van der Waals surface area contributed by atoms with E-state index in [9.17, 15) is 0 Å². The average molecular weight is 882 g/mol. The third-order valence-corrected chi connectivity index (χ3v) is 13.6. The van der Waals surface area contributed by atoms with Gasteiger partial charge in [-0.1, -0.05) is 182 Å². The van der Waals surface area contributed by atoms with E-state index in [2.05, 4.69) is 185 Å². The van der Waals surface area contributed by atoms with Gasteiger partial charge in [0.2, 0.25) is 0 Å². The van der Waals surface area contributed by atoms with E-state index in [1.165, 1.54) is 38.1 Å². The van der Waals surface area contributed by atoms with E-state index < -0.39 is 0 Å². The van der Waals surface area contributed by atoms with Crippen molar-refractivity contribution in [3.05, 3.63) is 237 Å². The molecule has 0 radical (unpaired) electrons. The molecule has 0 fully saturated rings. The van der Waals surface area contributed by atoms with Crippen LogP contribution in [0.3, 0.4) is 0 Å². The van der Waals surface area contributed by atoms with Crippen LogP contribution in [-0.4, -0.2) is 24.1 Å². The smallest absolute Gasteiger partial charge is 0.164 e. The fourth-order valence-corrected chi connectivity index (χ4v) is 10.4. The summed E-state index contributed by atoms with van der Waals surface area (Å²) in [7, 11) is 0. The molecular weight excluding hydrogens is 843 g/mol. The second-order valence-electron chi connectivity index (χ2n) is 17.6. The van der Waals surface area contributed by atoms with Crippen LogP contribution in [0.25, 0.3) is 133 Å². The van der Waals surface area contributed by atoms with Crippen molar-refractivity contribution in [3.8, 4) is 67.8 Å². The second kappa shape index (κ2) is 15.6. The standard InChI is InChI=1S/C63H39N5O/c1-4-17-40(18-5-1)61-64-62(41-19-6-2-7-20-41)66-63(65-61)45-22-14-21-44(37-45)47-27-15-28-51-52-29-16-32-57(60(52)69-59(47)51)68-55-31-13-11-26-49(55)53-38-42(34-36-56(53)68)43-33-35-50-48-25-10-12-30-54(48)67(58(50)39-43)46-23-8-3-9-24-46/h1-39H. The number of nitrogens with zero attached hydrogens (tertiary/aromatic N) is 5. The van der Waals surface area contributed by atoms with Crippen LogP contribution >= 0.6 is 0 Å². The van der Waals surface area contributed by atoms with E-state index in [-0.39, 0.29) is 0 Å². The first-order valence-corrected chi connectivity index (χ1v) is 23.3. The van der Waals surface area contributed by atoms with E-state index in [4.69, 9.17) is 19.4 Å². The summed E-state index contributed by atoms with van der Waals surface area (Å²) in [6.07, 6.45) is 0. The normalized spacial score (nSPS) is 11.8. The number of hydrogen-bond donors (Lipinski definition) is 0. The van der Waals surface area contributed by atoms with Gasteiger partial charge < -0.3 is 13.6 Å². The molecule has 0 atom stereocenters. The van der Waals surface area contributed by atoms with Crippen LogP contribution in [0.2, 0.25) is 0 Å². The number of rotatable bonds is 7. The molecule has 6 heteroatoms. The van der Waals surface area contributed by atoms with Gasteiger partial charge in [0.1, 0.15) is 5.58 Å². The van der Waals surface area contributed by atoms with Gasteiger partial charge in [0, 0.05) is 60.3 Å². The minimum atomic E-state index is 0.606. The molecule has 0 bridgehead atoms. The molecule has 10 aromatic carbocycles. The Morgan fingerprint density at radius 2 is 0.768 bits per heavy atom. The van der Waals surface area contributed by atoms with E-state index >= 15 is 0 Å². The lowest BCUT2D eigenvalue weighted by Crippen LogP contribution is -2.00. The van der Waals surface area contributed by atoms with Gasteiger partial charge >= 0.3 is 0 Å². The maximum absolute atomic E-state index is 7.13. The van der Waals surface area contributed by atoms with Crippen LogP contribution in [0, 0.1) is 0 Å². The van der Waals surface area contributed by atoms with Crippen LogP contribution in [0.15, 0.2) is 241 Å². The zero-order chi connectivity index (χ0) is 45.4. The zero-order valence-corrected chi connectivity index (χ0v) is 37.2. The molecule has 14 aromatic rings. The number of fused-ring (bicyclic) bond motifs is 9. The predicted octanol–water partition coefficient (Wildman–Crippen LogP) is 16.3. The van der Waals surface area contributed by atoms with E-state index in [0.29, 0.717) is 17.5 Å². The largest absolute Gasteiger partial charge is 0.453 e. The first kappa shape index (κ1) is 38.8. The Balaban J connectivity index is 0.898. The summed E-state index contributed by atoms with van der Waals surface area (Å²) in [5, 5.41) is 6.96. The number of hydrogen-bond acceptors (Lipinski definition) is 4. The first-order chi connectivity index (χ1) is 34.2. The van der Waals surface area contributed by atoms with Crippen molar-refractivity contribution in [2.45, 2.75) is 0 Å². The van der Waals surface area contributed by atoms with Crippen LogP contribution in [-0.2, 0) is 0 Å². The van der Waals surface area contributed by atoms with Crippen LogP contribution in [0.5, 0.6) is 0 Å². The minimum Gasteiger partial charge on any atom is -0.453 e. The van der Waals surface area contributed by atoms with Crippen LogP contribution < -0.4 is 0 Å². The molecule has 322 valence electrons. The Morgan fingerprint density at radius 1 is 0.275 bits per heavy atom. The fraction of sp³-hybridized carbons (Fsp3) is 0. The van der Waals surface area contributed by atoms with Gasteiger partial charge in [-0.2, -0.15) is 0 Å². The summed E-state index contributed by atoms with van der Waals surface area (Å²) in [4.78, 5) is 15.0. The SMILES string of the molecule is c1ccc(-c2nc(-c3ccccc3)nc(-c3cccc(-c4cccc5c4oc4c(-n6c7ccccc7c7cc(-c8ccc9c%10ccccc%10n(-c%10ccccc%10)c9c8)ccc76)cccc45)c3)n2)cc1. The monoisotopic (exact) mass is 881 g/mol. The summed E-state index contributed by atoms with van der Waals surface area (Å²) in [5.41, 5.74) is 15.5. The van der Waals surface area contributed by atoms with Crippen molar-refractivity contribution in [1.29, 1.82) is 0 Å². The van der Waals surface area contributed by atoms with Gasteiger partial charge in [-0.25, -0.2) is 15.0 Å². The van der Waals surface area contributed by atoms with Gasteiger partial charge in [0.05, 0.1) is 27.8 Å². The van der Waals surface area contributed by atoms with Gasteiger partial charge in [-0.3, -0.25) is 0 Å². The molecule has 0 saturated carbocycles. The molecule has 0 aliphatic rings. The number of aromatic nitrogens is 5. The highest BCUT2D eigenvalue weighted by atomic mass is 16.3. The molecule has 4 aromatic heterocycles. The Bertz CT molecular complexity index is 4240. The van der Waals surface area contributed by atoms with E-state index in [1.54, 1.807) is 0 Å². The quantitative estimate of drug-likeness (QED) is 0.160. The maximum atomic E-state index is 7.13. The van der Waals surface area contributed by atoms with Crippen molar-refractivity contribution in [1.82, 2.24) is 24.1 Å². The second-order valence-corrected chi connectivity index (χ2v) is 17.6. The topological polar surface area (TPSA) is 61.7 Å². The minimum absolute atomic E-state index is 0.606. The molecule has 4 heterocycles. The van der Waals surface area contributed by atoms with Gasteiger partial charge in [0.15, 0.2) is 23.1 Å². The molecule has 0 amide bonds. The Morgan fingerprint density at radius 3 is 1.49 bits per heavy atom.